The molecule has 2 rings (SSSR count). The van der Waals surface area contributed by atoms with E-state index in [0.717, 1.165) is 26.1 Å². The van der Waals surface area contributed by atoms with E-state index in [4.69, 9.17) is 0 Å². The topological polar surface area (TPSA) is 26.7 Å². The van der Waals surface area contributed by atoms with Gasteiger partial charge in [0.15, 0.2) is 0 Å². The standard InChI is InChI=1S/C16H26N2O/c1-4-14-12-18(11-10-17(14)3)16(5-2)13-6-8-15(19)9-7-13/h6-9,14,16,19H,4-5,10-12H2,1-3H3. The smallest absolute Gasteiger partial charge is 0.115 e. The Morgan fingerprint density at radius 3 is 2.47 bits per heavy atom. The number of piperazine rings is 1. The minimum absolute atomic E-state index is 0.350. The fourth-order valence-electron chi connectivity index (χ4n) is 3.10. The van der Waals surface area contributed by atoms with Crippen molar-refractivity contribution in [2.45, 2.75) is 38.8 Å². The summed E-state index contributed by atoms with van der Waals surface area (Å²) in [6, 6.07) is 8.85. The third-order valence-corrected chi connectivity index (χ3v) is 4.39. The molecule has 1 saturated heterocycles. The van der Waals surface area contributed by atoms with Gasteiger partial charge in [-0.25, -0.2) is 0 Å². The van der Waals surface area contributed by atoms with Gasteiger partial charge in [-0.15, -0.1) is 0 Å². The number of hydrogen-bond donors (Lipinski definition) is 1. The highest BCUT2D eigenvalue weighted by atomic mass is 16.3. The molecule has 1 heterocycles. The van der Waals surface area contributed by atoms with Crippen LogP contribution in [0.1, 0.15) is 38.3 Å². The molecular weight excluding hydrogens is 236 g/mol. The molecule has 0 radical (unpaired) electrons. The highest BCUT2D eigenvalue weighted by Gasteiger charge is 2.27. The first-order valence-corrected chi connectivity index (χ1v) is 7.38. The Balaban J connectivity index is 2.11. The van der Waals surface area contributed by atoms with Crippen molar-refractivity contribution in [3.05, 3.63) is 29.8 Å². The summed E-state index contributed by atoms with van der Waals surface area (Å²) in [6.45, 7) is 7.94. The predicted octanol–water partition coefficient (Wildman–Crippen LogP) is 2.87. The molecule has 0 spiro atoms. The molecule has 106 valence electrons. The van der Waals surface area contributed by atoms with Crippen molar-refractivity contribution in [1.29, 1.82) is 0 Å². The van der Waals surface area contributed by atoms with E-state index in [2.05, 4.69) is 42.8 Å². The number of rotatable bonds is 4. The van der Waals surface area contributed by atoms with Crippen molar-refractivity contribution in [2.75, 3.05) is 26.7 Å². The molecule has 0 aliphatic carbocycles. The molecule has 19 heavy (non-hydrogen) atoms. The van der Waals surface area contributed by atoms with Crippen LogP contribution in [0.15, 0.2) is 24.3 Å². The maximum absolute atomic E-state index is 9.42. The molecule has 2 unspecified atom stereocenters. The van der Waals surface area contributed by atoms with E-state index in [-0.39, 0.29) is 0 Å². The Kier molecular flexibility index (Phi) is 4.83. The van der Waals surface area contributed by atoms with Crippen LogP contribution in [0.5, 0.6) is 5.75 Å². The second-order valence-corrected chi connectivity index (χ2v) is 5.55. The zero-order chi connectivity index (χ0) is 13.8. The fraction of sp³-hybridized carbons (Fsp3) is 0.625. The van der Waals surface area contributed by atoms with Crippen molar-refractivity contribution < 1.29 is 5.11 Å². The van der Waals surface area contributed by atoms with E-state index in [1.165, 1.54) is 12.0 Å². The average Bonchev–Trinajstić information content (AvgIpc) is 2.43. The summed E-state index contributed by atoms with van der Waals surface area (Å²) in [5.74, 6) is 0.350. The summed E-state index contributed by atoms with van der Waals surface area (Å²) in [4.78, 5) is 5.07. The van der Waals surface area contributed by atoms with E-state index < -0.39 is 0 Å². The Hall–Kier alpha value is -1.06. The van der Waals surface area contributed by atoms with Crippen molar-refractivity contribution in [3.8, 4) is 5.75 Å². The van der Waals surface area contributed by atoms with Gasteiger partial charge in [-0.05, 0) is 37.6 Å². The van der Waals surface area contributed by atoms with E-state index in [9.17, 15) is 5.11 Å². The lowest BCUT2D eigenvalue weighted by Gasteiger charge is -2.43. The van der Waals surface area contributed by atoms with Gasteiger partial charge in [0.05, 0.1) is 0 Å². The molecule has 1 N–H and O–H groups in total. The predicted molar refractivity (Wildman–Crippen MR) is 79.4 cm³/mol. The van der Waals surface area contributed by atoms with Crippen LogP contribution in [0.2, 0.25) is 0 Å². The summed E-state index contributed by atoms with van der Waals surface area (Å²) >= 11 is 0. The largest absolute Gasteiger partial charge is 0.508 e. The molecule has 1 aromatic carbocycles. The molecule has 1 aromatic rings. The second kappa shape index (κ2) is 6.40. The Labute approximate surface area is 116 Å². The van der Waals surface area contributed by atoms with Crippen molar-refractivity contribution in [3.63, 3.8) is 0 Å². The van der Waals surface area contributed by atoms with E-state index in [0.29, 0.717) is 17.8 Å². The molecular formula is C16H26N2O. The zero-order valence-corrected chi connectivity index (χ0v) is 12.3. The zero-order valence-electron chi connectivity index (χ0n) is 12.3. The first-order chi connectivity index (χ1) is 9.15. The van der Waals surface area contributed by atoms with Crippen LogP contribution in [-0.2, 0) is 0 Å². The highest BCUT2D eigenvalue weighted by molar-refractivity contribution is 5.28. The highest BCUT2D eigenvalue weighted by Crippen LogP contribution is 2.28. The van der Waals surface area contributed by atoms with Gasteiger partial charge in [0, 0.05) is 31.7 Å². The number of aromatic hydroxyl groups is 1. The summed E-state index contributed by atoms with van der Waals surface area (Å²) in [5.41, 5.74) is 1.32. The molecule has 1 fully saturated rings. The van der Waals surface area contributed by atoms with Gasteiger partial charge in [-0.2, -0.15) is 0 Å². The second-order valence-electron chi connectivity index (χ2n) is 5.55. The molecule has 0 bridgehead atoms. The minimum Gasteiger partial charge on any atom is -0.508 e. The normalized spacial score (nSPS) is 23.4. The molecule has 2 atom stereocenters. The number of phenols is 1. The van der Waals surface area contributed by atoms with E-state index in [1.807, 2.05) is 0 Å². The van der Waals surface area contributed by atoms with Crippen LogP contribution >= 0.6 is 0 Å². The SMILES string of the molecule is CCC1CN(C(CC)c2ccc(O)cc2)CCN1C. The van der Waals surface area contributed by atoms with Gasteiger partial charge >= 0.3 is 0 Å². The maximum atomic E-state index is 9.42. The maximum Gasteiger partial charge on any atom is 0.115 e. The van der Waals surface area contributed by atoms with Crippen molar-refractivity contribution >= 4 is 0 Å². The third kappa shape index (κ3) is 3.28. The lowest BCUT2D eigenvalue weighted by atomic mass is 9.99. The lowest BCUT2D eigenvalue weighted by molar-refractivity contribution is 0.0605. The third-order valence-electron chi connectivity index (χ3n) is 4.39. The monoisotopic (exact) mass is 262 g/mol. The summed E-state index contributed by atoms with van der Waals surface area (Å²) < 4.78 is 0. The quantitative estimate of drug-likeness (QED) is 0.904. The van der Waals surface area contributed by atoms with Crippen molar-refractivity contribution in [2.24, 2.45) is 0 Å². The fourth-order valence-corrected chi connectivity index (χ4v) is 3.10. The van der Waals surface area contributed by atoms with E-state index in [1.54, 1.807) is 12.1 Å². The number of phenolic OH excluding ortho intramolecular Hbond substituents is 1. The van der Waals surface area contributed by atoms with Gasteiger partial charge in [-0.1, -0.05) is 26.0 Å². The Morgan fingerprint density at radius 2 is 1.89 bits per heavy atom. The first kappa shape index (κ1) is 14.4. The minimum atomic E-state index is 0.350. The van der Waals surface area contributed by atoms with Crippen molar-refractivity contribution in [1.82, 2.24) is 9.80 Å². The van der Waals surface area contributed by atoms with Gasteiger partial charge in [0.1, 0.15) is 5.75 Å². The first-order valence-electron chi connectivity index (χ1n) is 7.38. The Bertz CT molecular complexity index is 390. The molecule has 0 aromatic heterocycles. The van der Waals surface area contributed by atoms with Crippen LogP contribution in [0.4, 0.5) is 0 Å². The van der Waals surface area contributed by atoms with Crippen LogP contribution in [0.25, 0.3) is 0 Å². The summed E-state index contributed by atoms with van der Waals surface area (Å²) in [6.07, 6.45) is 2.32. The van der Waals surface area contributed by atoms with Gasteiger partial charge in [0.25, 0.3) is 0 Å². The van der Waals surface area contributed by atoms with Crippen LogP contribution in [-0.4, -0.2) is 47.6 Å². The van der Waals surface area contributed by atoms with Crippen LogP contribution < -0.4 is 0 Å². The van der Waals surface area contributed by atoms with Gasteiger partial charge in [-0.3, -0.25) is 4.90 Å². The number of nitrogens with zero attached hydrogens (tertiary/aromatic N) is 2. The van der Waals surface area contributed by atoms with Gasteiger partial charge < -0.3 is 10.0 Å². The molecule has 0 saturated carbocycles. The number of benzene rings is 1. The van der Waals surface area contributed by atoms with E-state index >= 15 is 0 Å². The average molecular weight is 262 g/mol. The summed E-state index contributed by atoms with van der Waals surface area (Å²) in [5, 5.41) is 9.42. The molecule has 3 nitrogen and oxygen atoms in total. The lowest BCUT2D eigenvalue weighted by Crippen LogP contribution is -2.51. The molecule has 1 aliphatic rings. The number of hydrogen-bond acceptors (Lipinski definition) is 3. The molecule has 1 aliphatic heterocycles. The van der Waals surface area contributed by atoms with Gasteiger partial charge in [0.2, 0.25) is 0 Å². The van der Waals surface area contributed by atoms with Crippen LogP contribution in [0.3, 0.4) is 0 Å². The summed E-state index contributed by atoms with van der Waals surface area (Å²) in [7, 11) is 2.23. The molecule has 3 heteroatoms. The van der Waals surface area contributed by atoms with Crippen LogP contribution in [0, 0.1) is 0 Å². The molecule has 0 amide bonds. The number of likely N-dealkylation sites (N-methyl/N-ethyl adjacent to an activating group) is 1. The Morgan fingerprint density at radius 1 is 1.21 bits per heavy atom.